The van der Waals surface area contributed by atoms with Crippen LogP contribution >= 0.6 is 0 Å². The van der Waals surface area contributed by atoms with E-state index in [4.69, 9.17) is 9.02 Å². The summed E-state index contributed by atoms with van der Waals surface area (Å²) in [6.45, 7) is 7.09. The van der Waals surface area contributed by atoms with Gasteiger partial charge in [0.05, 0.1) is 11.1 Å². The summed E-state index contributed by atoms with van der Waals surface area (Å²) in [5.41, 5.74) is 3.35. The van der Waals surface area contributed by atoms with Gasteiger partial charge in [-0.25, -0.2) is 10.3 Å². The average Bonchev–Trinajstić information content (AvgIpc) is 2.53. The molecule has 0 radical (unpaired) electrons. The first-order valence-electron chi connectivity index (χ1n) is 7.66. The third kappa shape index (κ3) is 5.22. The average molecular weight is 363 g/mol. The van der Waals surface area contributed by atoms with E-state index in [9.17, 15) is 13.2 Å². The Kier molecular flexibility index (Phi) is 5.37. The summed E-state index contributed by atoms with van der Waals surface area (Å²) in [5.74, 6) is -0.247. The summed E-state index contributed by atoms with van der Waals surface area (Å²) < 4.78 is 29.5. The lowest BCUT2D eigenvalue weighted by atomic mass is 9.98. The molecule has 0 aromatic heterocycles. The van der Waals surface area contributed by atoms with Gasteiger partial charge in [-0.2, -0.15) is 8.42 Å². The minimum atomic E-state index is -3.89. The predicted octanol–water partition coefficient (Wildman–Crippen LogP) is 3.68. The van der Waals surface area contributed by atoms with Crippen molar-refractivity contribution in [1.82, 2.24) is 0 Å². The Hall–Kier alpha value is -2.54. The zero-order valence-corrected chi connectivity index (χ0v) is 15.4. The predicted molar refractivity (Wildman–Crippen MR) is 94.6 cm³/mol. The van der Waals surface area contributed by atoms with Crippen molar-refractivity contribution in [2.45, 2.75) is 32.6 Å². The molecule has 0 fully saturated rings. The number of benzene rings is 2. The fourth-order valence-corrected chi connectivity index (χ4v) is 2.65. The Labute approximate surface area is 147 Å². The van der Waals surface area contributed by atoms with Gasteiger partial charge in [0.2, 0.25) is 0 Å². The molecule has 0 unspecified atom stereocenters. The molecule has 0 aliphatic carbocycles. The van der Waals surface area contributed by atoms with Crippen molar-refractivity contribution in [3.63, 3.8) is 0 Å². The molecule has 0 saturated carbocycles. The van der Waals surface area contributed by atoms with Crippen LogP contribution in [0, 0.1) is 12.3 Å². The molecule has 1 N–H and O–H groups in total. The van der Waals surface area contributed by atoms with E-state index in [0.29, 0.717) is 5.69 Å². The summed E-state index contributed by atoms with van der Waals surface area (Å²) >= 11 is 0. The second-order valence-electron chi connectivity index (χ2n) is 6.62. The molecule has 0 spiro atoms. The van der Waals surface area contributed by atoms with E-state index in [0.717, 1.165) is 5.56 Å². The summed E-state index contributed by atoms with van der Waals surface area (Å²) in [6.07, 6.45) is 0. The van der Waals surface area contributed by atoms with Crippen LogP contribution in [0.25, 0.3) is 0 Å². The standard InChI is InChI=1S/C18H21NO5S/c1-13-5-11-16(12-6-13)25(21,22)24-15-9-7-14(8-10-15)19-23-17(20)18(2,3)4/h5-12,19H,1-4H3. The van der Waals surface area contributed by atoms with Crippen LogP contribution in [0.2, 0.25) is 0 Å². The van der Waals surface area contributed by atoms with Crippen molar-refractivity contribution in [3.8, 4) is 5.75 Å². The number of aryl methyl sites for hydroxylation is 1. The summed E-state index contributed by atoms with van der Waals surface area (Å²) in [7, 11) is -3.89. The van der Waals surface area contributed by atoms with Crippen LogP contribution in [0.1, 0.15) is 26.3 Å². The number of carbonyl (C=O) groups excluding carboxylic acids is 1. The van der Waals surface area contributed by atoms with Gasteiger partial charge >= 0.3 is 16.1 Å². The highest BCUT2D eigenvalue weighted by atomic mass is 32.2. The van der Waals surface area contributed by atoms with Gasteiger partial charge in [-0.1, -0.05) is 17.7 Å². The first kappa shape index (κ1) is 18.8. The number of carbonyl (C=O) groups is 1. The largest absolute Gasteiger partial charge is 0.379 e. The van der Waals surface area contributed by atoms with E-state index in [1.54, 1.807) is 45.0 Å². The number of rotatable bonds is 5. The van der Waals surface area contributed by atoms with Gasteiger partial charge in [-0.05, 0) is 64.1 Å². The lowest BCUT2D eigenvalue weighted by Crippen LogP contribution is -2.25. The maximum atomic E-state index is 12.2. The number of hydrogen-bond acceptors (Lipinski definition) is 6. The van der Waals surface area contributed by atoms with E-state index >= 15 is 0 Å². The van der Waals surface area contributed by atoms with Gasteiger partial charge in [-0.15, -0.1) is 0 Å². The van der Waals surface area contributed by atoms with Crippen LogP contribution in [-0.2, 0) is 19.8 Å². The molecule has 0 aliphatic rings. The minimum Gasteiger partial charge on any atom is -0.379 e. The van der Waals surface area contributed by atoms with Crippen molar-refractivity contribution in [2.75, 3.05) is 5.48 Å². The van der Waals surface area contributed by atoms with Crippen LogP contribution in [0.15, 0.2) is 53.4 Å². The highest BCUT2D eigenvalue weighted by Gasteiger charge is 2.23. The number of anilines is 1. The second kappa shape index (κ2) is 7.14. The normalized spacial score (nSPS) is 11.7. The fraction of sp³-hybridized carbons (Fsp3) is 0.278. The summed E-state index contributed by atoms with van der Waals surface area (Å²) in [5, 5.41) is 0. The van der Waals surface area contributed by atoms with Crippen molar-refractivity contribution in [2.24, 2.45) is 5.41 Å². The van der Waals surface area contributed by atoms with Gasteiger partial charge in [0.1, 0.15) is 10.6 Å². The molecule has 0 atom stereocenters. The van der Waals surface area contributed by atoms with Crippen LogP contribution in [0.4, 0.5) is 5.69 Å². The Bertz CT molecular complexity index is 835. The SMILES string of the molecule is Cc1ccc(S(=O)(=O)Oc2ccc(NOC(=O)C(C)(C)C)cc2)cc1. The van der Waals surface area contributed by atoms with E-state index in [2.05, 4.69) is 5.48 Å². The Morgan fingerprint density at radius 2 is 1.52 bits per heavy atom. The molecular formula is C18H21NO5S. The summed E-state index contributed by atoms with van der Waals surface area (Å²) in [6, 6.07) is 12.4. The van der Waals surface area contributed by atoms with Crippen molar-refractivity contribution < 1.29 is 22.2 Å². The highest BCUT2D eigenvalue weighted by Crippen LogP contribution is 2.22. The lowest BCUT2D eigenvalue weighted by Gasteiger charge is -2.16. The van der Waals surface area contributed by atoms with Gasteiger partial charge in [-0.3, -0.25) is 0 Å². The third-order valence-electron chi connectivity index (χ3n) is 3.24. The van der Waals surface area contributed by atoms with Crippen molar-refractivity contribution >= 4 is 21.8 Å². The van der Waals surface area contributed by atoms with Crippen molar-refractivity contribution in [1.29, 1.82) is 0 Å². The smallest absolute Gasteiger partial charge is 0.339 e. The molecule has 0 heterocycles. The van der Waals surface area contributed by atoms with E-state index in [-0.39, 0.29) is 10.6 Å². The zero-order chi connectivity index (χ0) is 18.7. The van der Waals surface area contributed by atoms with Gasteiger partial charge in [0, 0.05) is 0 Å². The molecule has 2 aromatic carbocycles. The molecular weight excluding hydrogens is 342 g/mol. The van der Waals surface area contributed by atoms with Gasteiger partial charge < -0.3 is 9.02 Å². The quantitative estimate of drug-likeness (QED) is 0.645. The lowest BCUT2D eigenvalue weighted by molar-refractivity contribution is -0.149. The first-order valence-corrected chi connectivity index (χ1v) is 9.07. The maximum absolute atomic E-state index is 12.2. The monoisotopic (exact) mass is 363 g/mol. The van der Waals surface area contributed by atoms with Crippen LogP contribution in [0.3, 0.4) is 0 Å². The van der Waals surface area contributed by atoms with Gasteiger partial charge in [0.15, 0.2) is 0 Å². The Morgan fingerprint density at radius 3 is 2.04 bits per heavy atom. The molecule has 2 aromatic rings. The van der Waals surface area contributed by atoms with E-state index in [1.807, 2.05) is 6.92 Å². The van der Waals surface area contributed by atoms with Crippen molar-refractivity contribution in [3.05, 3.63) is 54.1 Å². The van der Waals surface area contributed by atoms with Crippen LogP contribution < -0.4 is 9.66 Å². The summed E-state index contributed by atoms with van der Waals surface area (Å²) in [4.78, 5) is 16.7. The Balaban J connectivity index is 2.02. The second-order valence-corrected chi connectivity index (χ2v) is 8.16. The van der Waals surface area contributed by atoms with E-state index in [1.165, 1.54) is 24.3 Å². The van der Waals surface area contributed by atoms with E-state index < -0.39 is 21.5 Å². The molecule has 7 heteroatoms. The van der Waals surface area contributed by atoms with Gasteiger partial charge in [0.25, 0.3) is 0 Å². The first-order chi connectivity index (χ1) is 11.6. The molecule has 2 rings (SSSR count). The van der Waals surface area contributed by atoms with Crippen LogP contribution in [-0.4, -0.2) is 14.4 Å². The minimum absolute atomic E-state index is 0.0828. The maximum Gasteiger partial charge on any atom is 0.339 e. The molecule has 6 nitrogen and oxygen atoms in total. The zero-order valence-electron chi connectivity index (χ0n) is 14.6. The topological polar surface area (TPSA) is 81.7 Å². The molecule has 134 valence electrons. The molecule has 0 aliphatic heterocycles. The number of hydrogen-bond donors (Lipinski definition) is 1. The molecule has 25 heavy (non-hydrogen) atoms. The molecule has 0 bridgehead atoms. The highest BCUT2D eigenvalue weighted by molar-refractivity contribution is 7.87. The third-order valence-corrected chi connectivity index (χ3v) is 4.51. The molecule has 0 amide bonds. The Morgan fingerprint density at radius 1 is 0.960 bits per heavy atom. The number of nitrogens with one attached hydrogen (secondary N) is 1. The van der Waals surface area contributed by atoms with Crippen LogP contribution in [0.5, 0.6) is 5.75 Å². The molecule has 0 saturated heterocycles. The fourth-order valence-electron chi connectivity index (χ4n) is 1.72.